The zero-order valence-electron chi connectivity index (χ0n) is 16.2. The highest BCUT2D eigenvalue weighted by molar-refractivity contribution is 6.08. The number of phenols is 1. The quantitative estimate of drug-likeness (QED) is 0.364. The van der Waals surface area contributed by atoms with E-state index in [4.69, 9.17) is 10.2 Å². The summed E-state index contributed by atoms with van der Waals surface area (Å²) in [5.74, 6) is -1.25. The first kappa shape index (κ1) is 20.1. The molecule has 5 N–H and O–H groups in total. The van der Waals surface area contributed by atoms with Crippen LogP contribution in [0.3, 0.4) is 0 Å². The molecule has 1 aliphatic carbocycles. The molecule has 31 heavy (non-hydrogen) atoms. The van der Waals surface area contributed by atoms with Crippen LogP contribution in [0.5, 0.6) is 5.75 Å². The first-order valence-electron chi connectivity index (χ1n) is 9.44. The van der Waals surface area contributed by atoms with Crippen molar-refractivity contribution in [2.24, 2.45) is 5.73 Å². The first-order valence-corrected chi connectivity index (χ1v) is 9.44. The molecule has 0 spiro atoms. The monoisotopic (exact) mass is 418 g/mol. The number of aromatic carboxylic acids is 1. The number of aromatic hydroxyl groups is 1. The van der Waals surface area contributed by atoms with Crippen molar-refractivity contribution >= 4 is 28.5 Å². The minimum Gasteiger partial charge on any atom is -0.508 e. The fourth-order valence-electron chi connectivity index (χ4n) is 3.52. The predicted octanol–water partition coefficient (Wildman–Crippen LogP) is 3.26. The summed E-state index contributed by atoms with van der Waals surface area (Å²) in [6.45, 7) is 0.183. The summed E-state index contributed by atoms with van der Waals surface area (Å²) in [7, 11) is 0. The molecular weight excluding hydrogens is 400 g/mol. The van der Waals surface area contributed by atoms with Gasteiger partial charge in [-0.1, -0.05) is 0 Å². The van der Waals surface area contributed by atoms with Crippen LogP contribution < -0.4 is 16.5 Å². The van der Waals surface area contributed by atoms with Gasteiger partial charge in [0.05, 0.1) is 5.56 Å². The van der Waals surface area contributed by atoms with E-state index in [1.54, 1.807) is 18.2 Å². The SMILES string of the molecule is NCCC(=O)Nc1ccc(C(=O)O)c(-c2c3ccc(=O)cc-3oc3cc(O)ccc23)c1. The summed E-state index contributed by atoms with van der Waals surface area (Å²) in [4.78, 5) is 35.9. The van der Waals surface area contributed by atoms with Crippen LogP contribution in [-0.2, 0) is 4.79 Å². The van der Waals surface area contributed by atoms with Crippen molar-refractivity contribution in [2.45, 2.75) is 6.42 Å². The second-order valence-corrected chi connectivity index (χ2v) is 6.97. The lowest BCUT2D eigenvalue weighted by atomic mass is 9.90. The molecule has 2 aromatic rings. The average Bonchev–Trinajstić information content (AvgIpc) is 2.71. The van der Waals surface area contributed by atoms with Gasteiger partial charge < -0.3 is 25.7 Å². The highest BCUT2D eigenvalue weighted by Crippen LogP contribution is 2.42. The van der Waals surface area contributed by atoms with Crippen LogP contribution in [0.15, 0.2) is 63.8 Å². The Balaban J connectivity index is 2.05. The van der Waals surface area contributed by atoms with E-state index >= 15 is 0 Å². The third-order valence-electron chi connectivity index (χ3n) is 4.85. The van der Waals surface area contributed by atoms with Gasteiger partial charge in [-0.15, -0.1) is 0 Å². The Morgan fingerprint density at radius 3 is 2.55 bits per heavy atom. The number of fused-ring (bicyclic) bond motifs is 2. The molecule has 0 saturated heterocycles. The second-order valence-electron chi connectivity index (χ2n) is 6.97. The van der Waals surface area contributed by atoms with Gasteiger partial charge in [0.15, 0.2) is 5.43 Å². The third kappa shape index (κ3) is 3.84. The fraction of sp³-hybridized carbons (Fsp3) is 0.0870. The summed E-state index contributed by atoms with van der Waals surface area (Å²) >= 11 is 0. The van der Waals surface area contributed by atoms with E-state index in [1.807, 2.05) is 0 Å². The number of carbonyl (C=O) groups is 2. The van der Waals surface area contributed by atoms with E-state index in [-0.39, 0.29) is 47.0 Å². The van der Waals surface area contributed by atoms with Gasteiger partial charge >= 0.3 is 5.97 Å². The van der Waals surface area contributed by atoms with Crippen molar-refractivity contribution in [1.29, 1.82) is 0 Å². The van der Waals surface area contributed by atoms with Crippen molar-refractivity contribution in [3.05, 3.63) is 70.4 Å². The van der Waals surface area contributed by atoms with E-state index in [0.717, 1.165) is 0 Å². The van der Waals surface area contributed by atoms with Crippen molar-refractivity contribution in [3.8, 4) is 28.2 Å². The maximum Gasteiger partial charge on any atom is 0.336 e. The lowest BCUT2D eigenvalue weighted by molar-refractivity contribution is -0.116. The van der Waals surface area contributed by atoms with Crippen molar-refractivity contribution in [2.75, 3.05) is 11.9 Å². The summed E-state index contributed by atoms with van der Waals surface area (Å²) in [5.41, 5.74) is 7.18. The van der Waals surface area contributed by atoms with E-state index in [2.05, 4.69) is 5.32 Å². The molecule has 1 aliphatic heterocycles. The Hall–Kier alpha value is -4.17. The number of benzene rings is 3. The minimum absolute atomic E-state index is 0.00454. The van der Waals surface area contributed by atoms with Crippen LogP contribution in [0.4, 0.5) is 5.69 Å². The van der Waals surface area contributed by atoms with Crippen molar-refractivity contribution in [1.82, 2.24) is 0 Å². The van der Waals surface area contributed by atoms with E-state index < -0.39 is 5.97 Å². The Kier molecular flexibility index (Phi) is 5.14. The highest BCUT2D eigenvalue weighted by atomic mass is 16.4. The van der Waals surface area contributed by atoms with Crippen LogP contribution in [0, 0.1) is 0 Å². The van der Waals surface area contributed by atoms with Gasteiger partial charge in [0.25, 0.3) is 0 Å². The molecular formula is C23H18N2O6. The number of carboxylic acid groups (broad SMARTS) is 1. The number of nitrogens with one attached hydrogen (secondary N) is 1. The summed E-state index contributed by atoms with van der Waals surface area (Å²) in [5, 5.41) is 22.9. The lowest BCUT2D eigenvalue weighted by Gasteiger charge is -2.17. The van der Waals surface area contributed by atoms with Gasteiger partial charge in [0.2, 0.25) is 5.91 Å². The number of amides is 1. The standard InChI is InChI=1S/C23H18N2O6/c24-8-7-21(28)25-12-1-4-15(23(29)30)18(9-12)22-16-5-2-13(26)10-19(16)31-20-11-14(27)3-6-17(20)22/h1-6,9-11,26H,7-8,24H2,(H,25,28)(H,29,30). The number of nitrogens with two attached hydrogens (primary N) is 1. The van der Waals surface area contributed by atoms with Crippen LogP contribution >= 0.6 is 0 Å². The maximum atomic E-state index is 12.0. The molecule has 0 bridgehead atoms. The molecule has 8 nitrogen and oxygen atoms in total. The van der Waals surface area contributed by atoms with Gasteiger partial charge in [-0.05, 0) is 48.0 Å². The van der Waals surface area contributed by atoms with Crippen molar-refractivity contribution in [3.63, 3.8) is 0 Å². The van der Waals surface area contributed by atoms with Gasteiger partial charge in [-0.25, -0.2) is 4.79 Å². The molecule has 0 radical (unpaired) electrons. The zero-order valence-corrected chi connectivity index (χ0v) is 16.2. The molecule has 1 heterocycles. The summed E-state index contributed by atoms with van der Waals surface area (Å²) in [6.07, 6.45) is 0.123. The van der Waals surface area contributed by atoms with Gasteiger partial charge in [0, 0.05) is 47.3 Å². The van der Waals surface area contributed by atoms with Crippen LogP contribution in [0.1, 0.15) is 16.8 Å². The van der Waals surface area contributed by atoms with Crippen LogP contribution in [-0.4, -0.2) is 28.6 Å². The number of hydrogen-bond donors (Lipinski definition) is 4. The number of hydrogen-bond acceptors (Lipinski definition) is 6. The van der Waals surface area contributed by atoms with Gasteiger partial charge in [-0.2, -0.15) is 0 Å². The summed E-state index contributed by atoms with van der Waals surface area (Å²) < 4.78 is 5.81. The van der Waals surface area contributed by atoms with E-state index in [9.17, 15) is 24.6 Å². The predicted molar refractivity (Wildman–Crippen MR) is 115 cm³/mol. The largest absolute Gasteiger partial charge is 0.508 e. The highest BCUT2D eigenvalue weighted by Gasteiger charge is 2.22. The third-order valence-corrected chi connectivity index (χ3v) is 4.85. The Labute approximate surface area is 175 Å². The van der Waals surface area contributed by atoms with Crippen LogP contribution in [0.25, 0.3) is 33.4 Å². The van der Waals surface area contributed by atoms with Gasteiger partial charge in [-0.3, -0.25) is 9.59 Å². The molecule has 8 heteroatoms. The number of anilines is 1. The number of carbonyl (C=O) groups excluding carboxylic acids is 1. The molecule has 2 aromatic carbocycles. The van der Waals surface area contributed by atoms with Crippen LogP contribution in [0.2, 0.25) is 0 Å². The van der Waals surface area contributed by atoms with E-state index in [1.165, 1.54) is 36.4 Å². The number of rotatable bonds is 5. The molecule has 0 unspecified atom stereocenters. The minimum atomic E-state index is -1.16. The van der Waals surface area contributed by atoms with Gasteiger partial charge in [0.1, 0.15) is 17.1 Å². The maximum absolute atomic E-state index is 12.0. The normalized spacial score (nSPS) is 11.0. The molecule has 1 amide bonds. The molecule has 2 aliphatic rings. The Morgan fingerprint density at radius 1 is 1.00 bits per heavy atom. The topological polar surface area (TPSA) is 143 Å². The zero-order chi connectivity index (χ0) is 22.1. The fourth-order valence-corrected chi connectivity index (χ4v) is 3.52. The molecule has 0 atom stereocenters. The number of phenolic OH excluding ortho intramolecular Hbond substituents is 1. The molecule has 4 rings (SSSR count). The molecule has 156 valence electrons. The Bertz CT molecular complexity index is 1360. The van der Waals surface area contributed by atoms with Crippen molar-refractivity contribution < 1.29 is 24.2 Å². The average molecular weight is 418 g/mol. The smallest absolute Gasteiger partial charge is 0.336 e. The number of carboxylic acids is 1. The Morgan fingerprint density at radius 2 is 1.81 bits per heavy atom. The second kappa shape index (κ2) is 7.92. The molecule has 0 saturated carbocycles. The first-order chi connectivity index (χ1) is 14.9. The summed E-state index contributed by atoms with van der Waals surface area (Å²) in [6, 6.07) is 13.2. The van der Waals surface area contributed by atoms with E-state index in [0.29, 0.717) is 27.8 Å². The molecule has 0 fully saturated rings. The lowest BCUT2D eigenvalue weighted by Crippen LogP contribution is -2.16. The molecule has 0 aromatic heterocycles.